The molecule has 3 heterocycles. The van der Waals surface area contributed by atoms with Gasteiger partial charge in [-0.15, -0.1) is 0 Å². The number of aromatic nitrogens is 1. The Hall–Kier alpha value is -2.11. The predicted octanol–water partition coefficient (Wildman–Crippen LogP) is 3.55. The molecule has 1 atom stereocenters. The van der Waals surface area contributed by atoms with E-state index in [1.165, 1.54) is 0 Å². The second-order valence-electron chi connectivity index (χ2n) is 6.73. The first kappa shape index (κ1) is 17.3. The Labute approximate surface area is 158 Å². The summed E-state index contributed by atoms with van der Waals surface area (Å²) in [4.78, 5) is 21.5. The standard InChI is InChI=1S/C20H22ClN3O2/c21-16-7-5-15(6-8-16)18-14-24(12-13-26-18)19-17(4-3-9-22-19)20(25)23-10-1-2-11-23/h3-9,18H,1-2,10-14H2/t18-/m0/s1. The van der Waals surface area contributed by atoms with Crippen molar-refractivity contribution in [3.8, 4) is 0 Å². The summed E-state index contributed by atoms with van der Waals surface area (Å²) in [5.41, 5.74) is 1.77. The molecule has 0 aliphatic carbocycles. The molecule has 2 saturated heterocycles. The molecule has 0 bridgehead atoms. The molecule has 2 aliphatic heterocycles. The summed E-state index contributed by atoms with van der Waals surface area (Å²) in [7, 11) is 0. The molecular weight excluding hydrogens is 350 g/mol. The zero-order valence-corrected chi connectivity index (χ0v) is 15.4. The third-order valence-corrected chi connectivity index (χ3v) is 5.27. The van der Waals surface area contributed by atoms with Crippen LogP contribution in [-0.2, 0) is 4.74 Å². The summed E-state index contributed by atoms with van der Waals surface area (Å²) in [5.74, 6) is 0.840. The van der Waals surface area contributed by atoms with E-state index in [0.29, 0.717) is 23.7 Å². The first-order valence-electron chi connectivity index (χ1n) is 9.09. The first-order valence-corrected chi connectivity index (χ1v) is 9.46. The lowest BCUT2D eigenvalue weighted by Gasteiger charge is -2.35. The Bertz CT molecular complexity index is 775. The fourth-order valence-electron chi connectivity index (χ4n) is 3.63. The number of morpholine rings is 1. The molecule has 1 amide bonds. The number of pyridine rings is 1. The van der Waals surface area contributed by atoms with E-state index in [0.717, 1.165) is 43.9 Å². The van der Waals surface area contributed by atoms with E-state index in [4.69, 9.17) is 16.3 Å². The maximum absolute atomic E-state index is 12.9. The number of anilines is 1. The second-order valence-corrected chi connectivity index (χ2v) is 7.17. The van der Waals surface area contributed by atoms with Crippen LogP contribution in [0.15, 0.2) is 42.6 Å². The quantitative estimate of drug-likeness (QED) is 0.827. The minimum atomic E-state index is -0.0576. The minimum absolute atomic E-state index is 0.0576. The molecule has 0 spiro atoms. The highest BCUT2D eigenvalue weighted by Gasteiger charge is 2.28. The maximum atomic E-state index is 12.9. The SMILES string of the molecule is O=C(c1cccnc1N1CCO[C@H](c2ccc(Cl)cc2)C1)N1CCCC1. The van der Waals surface area contributed by atoms with Gasteiger partial charge in [0.15, 0.2) is 0 Å². The Balaban J connectivity index is 1.57. The summed E-state index contributed by atoms with van der Waals surface area (Å²) >= 11 is 5.99. The van der Waals surface area contributed by atoms with Gasteiger partial charge in [0.25, 0.3) is 5.91 Å². The average molecular weight is 372 g/mol. The van der Waals surface area contributed by atoms with Gasteiger partial charge in [0.2, 0.25) is 0 Å². The molecule has 26 heavy (non-hydrogen) atoms. The van der Waals surface area contributed by atoms with Crippen LogP contribution in [0.1, 0.15) is 34.9 Å². The molecule has 0 saturated carbocycles. The molecular formula is C20H22ClN3O2. The van der Waals surface area contributed by atoms with E-state index < -0.39 is 0 Å². The Kier molecular flexibility index (Phi) is 5.09. The summed E-state index contributed by atoms with van der Waals surface area (Å²) in [6.45, 7) is 3.66. The lowest BCUT2D eigenvalue weighted by Crippen LogP contribution is -2.40. The monoisotopic (exact) mass is 371 g/mol. The second kappa shape index (κ2) is 7.64. The van der Waals surface area contributed by atoms with E-state index in [-0.39, 0.29) is 12.0 Å². The number of likely N-dealkylation sites (tertiary alicyclic amines) is 1. The van der Waals surface area contributed by atoms with Crippen LogP contribution in [-0.4, -0.2) is 48.6 Å². The number of carbonyl (C=O) groups is 1. The third kappa shape index (κ3) is 3.55. The van der Waals surface area contributed by atoms with Crippen molar-refractivity contribution < 1.29 is 9.53 Å². The normalized spacial score (nSPS) is 20.4. The molecule has 4 rings (SSSR count). The van der Waals surface area contributed by atoms with Crippen LogP contribution in [0, 0.1) is 0 Å². The smallest absolute Gasteiger partial charge is 0.257 e. The van der Waals surface area contributed by atoms with Crippen LogP contribution in [0.3, 0.4) is 0 Å². The number of hydrogen-bond acceptors (Lipinski definition) is 4. The molecule has 2 aromatic rings. The van der Waals surface area contributed by atoms with Gasteiger partial charge in [-0.1, -0.05) is 23.7 Å². The highest BCUT2D eigenvalue weighted by atomic mass is 35.5. The predicted molar refractivity (Wildman–Crippen MR) is 102 cm³/mol. The molecule has 6 heteroatoms. The molecule has 2 fully saturated rings. The largest absolute Gasteiger partial charge is 0.370 e. The summed E-state index contributed by atoms with van der Waals surface area (Å²) in [6, 6.07) is 11.5. The molecule has 5 nitrogen and oxygen atoms in total. The van der Waals surface area contributed by atoms with Gasteiger partial charge >= 0.3 is 0 Å². The Morgan fingerprint density at radius 1 is 1.12 bits per heavy atom. The van der Waals surface area contributed by atoms with Crippen LogP contribution in [0.2, 0.25) is 5.02 Å². The van der Waals surface area contributed by atoms with E-state index in [9.17, 15) is 4.79 Å². The van der Waals surface area contributed by atoms with Gasteiger partial charge in [0.1, 0.15) is 11.9 Å². The van der Waals surface area contributed by atoms with Gasteiger partial charge in [-0.25, -0.2) is 4.98 Å². The fourth-order valence-corrected chi connectivity index (χ4v) is 3.75. The topological polar surface area (TPSA) is 45.7 Å². The minimum Gasteiger partial charge on any atom is -0.370 e. The van der Waals surface area contributed by atoms with Crippen LogP contribution in [0.4, 0.5) is 5.82 Å². The average Bonchev–Trinajstić information content (AvgIpc) is 3.23. The lowest BCUT2D eigenvalue weighted by atomic mass is 10.1. The first-order chi connectivity index (χ1) is 12.7. The van der Waals surface area contributed by atoms with Crippen LogP contribution in [0.25, 0.3) is 0 Å². The van der Waals surface area contributed by atoms with Crippen molar-refractivity contribution in [1.82, 2.24) is 9.88 Å². The van der Waals surface area contributed by atoms with Crippen LogP contribution < -0.4 is 4.90 Å². The lowest BCUT2D eigenvalue weighted by molar-refractivity contribution is 0.0393. The summed E-state index contributed by atoms with van der Waals surface area (Å²) in [6.07, 6.45) is 3.86. The molecule has 1 aromatic heterocycles. The van der Waals surface area contributed by atoms with Crippen molar-refractivity contribution in [2.24, 2.45) is 0 Å². The van der Waals surface area contributed by atoms with Gasteiger partial charge in [-0.3, -0.25) is 4.79 Å². The number of halogens is 1. The molecule has 0 radical (unpaired) electrons. The van der Waals surface area contributed by atoms with E-state index >= 15 is 0 Å². The van der Waals surface area contributed by atoms with E-state index in [2.05, 4.69) is 9.88 Å². The van der Waals surface area contributed by atoms with E-state index in [1.807, 2.05) is 41.3 Å². The van der Waals surface area contributed by atoms with Crippen molar-refractivity contribution in [2.75, 3.05) is 37.7 Å². The number of nitrogens with zero attached hydrogens (tertiary/aromatic N) is 3. The van der Waals surface area contributed by atoms with Gasteiger partial charge in [-0.2, -0.15) is 0 Å². The van der Waals surface area contributed by atoms with Crippen molar-refractivity contribution in [3.05, 3.63) is 58.7 Å². The van der Waals surface area contributed by atoms with Crippen LogP contribution in [0.5, 0.6) is 0 Å². The van der Waals surface area contributed by atoms with Crippen molar-refractivity contribution in [2.45, 2.75) is 18.9 Å². The number of rotatable bonds is 3. The maximum Gasteiger partial charge on any atom is 0.257 e. The summed E-state index contributed by atoms with van der Waals surface area (Å²) < 4.78 is 5.95. The molecule has 2 aliphatic rings. The molecule has 136 valence electrons. The fraction of sp³-hybridized carbons (Fsp3) is 0.400. The highest BCUT2D eigenvalue weighted by Crippen LogP contribution is 2.28. The van der Waals surface area contributed by atoms with Gasteiger partial charge < -0.3 is 14.5 Å². The number of amides is 1. The number of ether oxygens (including phenoxy) is 1. The van der Waals surface area contributed by atoms with E-state index in [1.54, 1.807) is 6.20 Å². The van der Waals surface area contributed by atoms with Crippen molar-refractivity contribution in [1.29, 1.82) is 0 Å². The van der Waals surface area contributed by atoms with Crippen molar-refractivity contribution in [3.63, 3.8) is 0 Å². The van der Waals surface area contributed by atoms with Crippen molar-refractivity contribution >= 4 is 23.3 Å². The van der Waals surface area contributed by atoms with Crippen LogP contribution >= 0.6 is 11.6 Å². The van der Waals surface area contributed by atoms with Gasteiger partial charge in [-0.05, 0) is 42.7 Å². The highest BCUT2D eigenvalue weighted by molar-refractivity contribution is 6.30. The molecule has 0 unspecified atom stereocenters. The Morgan fingerprint density at radius 3 is 2.65 bits per heavy atom. The Morgan fingerprint density at radius 2 is 1.88 bits per heavy atom. The third-order valence-electron chi connectivity index (χ3n) is 5.02. The summed E-state index contributed by atoms with van der Waals surface area (Å²) in [5, 5.41) is 0.713. The zero-order chi connectivity index (χ0) is 17.9. The van der Waals surface area contributed by atoms with Gasteiger partial charge in [0, 0.05) is 37.4 Å². The number of carbonyl (C=O) groups excluding carboxylic acids is 1. The zero-order valence-electron chi connectivity index (χ0n) is 14.6. The molecule has 1 aromatic carbocycles. The number of benzene rings is 1. The van der Waals surface area contributed by atoms with Gasteiger partial charge in [0.05, 0.1) is 12.2 Å². The number of hydrogen-bond donors (Lipinski definition) is 0. The molecule has 0 N–H and O–H groups in total.